The Morgan fingerprint density at radius 2 is 1.91 bits per heavy atom. The second-order valence-corrected chi connectivity index (χ2v) is 10.8. The summed E-state index contributed by atoms with van der Waals surface area (Å²) in [6, 6.07) is 15.9. The minimum Gasteiger partial charge on any atom is -0.478 e. The zero-order valence-corrected chi connectivity index (χ0v) is 19.1. The first-order valence-electron chi connectivity index (χ1n) is 12.4. The minimum absolute atomic E-state index is 0.337. The molecule has 5 atom stereocenters. The second-order valence-electron chi connectivity index (χ2n) is 10.8. The van der Waals surface area contributed by atoms with Gasteiger partial charge in [0.05, 0.1) is 5.56 Å². The largest absolute Gasteiger partial charge is 0.478 e. The van der Waals surface area contributed by atoms with Crippen LogP contribution in [-0.4, -0.2) is 16.9 Å². The molecule has 3 heteroatoms. The molecule has 0 amide bonds. The van der Waals surface area contributed by atoms with Crippen molar-refractivity contribution in [3.63, 3.8) is 0 Å². The highest BCUT2D eigenvalue weighted by Gasteiger charge is 2.53. The minimum atomic E-state index is -0.843. The van der Waals surface area contributed by atoms with Crippen molar-refractivity contribution in [1.82, 2.24) is 0 Å². The number of benzene rings is 2. The Bertz CT molecular complexity index is 1010. The molecular formula is C29H34O3. The quantitative estimate of drug-likeness (QED) is 0.573. The lowest BCUT2D eigenvalue weighted by atomic mass is 9.51. The Balaban J connectivity index is 1.40. The van der Waals surface area contributed by atoms with E-state index in [0.29, 0.717) is 47.4 Å². The third kappa shape index (κ3) is 3.91. The molecule has 0 radical (unpaired) electrons. The molecule has 1 unspecified atom stereocenters. The summed E-state index contributed by atoms with van der Waals surface area (Å²) >= 11 is 0. The predicted octanol–water partition coefficient (Wildman–Crippen LogP) is 6.45. The van der Waals surface area contributed by atoms with E-state index < -0.39 is 5.97 Å². The lowest BCUT2D eigenvalue weighted by Crippen LogP contribution is -2.44. The van der Waals surface area contributed by atoms with E-state index in [1.54, 1.807) is 6.07 Å². The van der Waals surface area contributed by atoms with E-state index in [1.165, 1.54) is 36.8 Å². The van der Waals surface area contributed by atoms with Gasteiger partial charge >= 0.3 is 5.97 Å². The van der Waals surface area contributed by atoms with Crippen molar-refractivity contribution in [2.24, 2.45) is 23.2 Å². The summed E-state index contributed by atoms with van der Waals surface area (Å²) in [5, 5.41) is 9.46. The molecular weight excluding hydrogens is 396 g/mol. The van der Waals surface area contributed by atoms with E-state index in [0.717, 1.165) is 30.7 Å². The van der Waals surface area contributed by atoms with E-state index in [2.05, 4.69) is 13.0 Å². The number of carbonyl (C=O) groups excluding carboxylic acids is 1. The maximum atomic E-state index is 12.8. The number of Topliss-reactive ketones (excluding diaryl/α,β-unsaturated/α-hetero) is 1. The first-order valence-corrected chi connectivity index (χ1v) is 12.4. The number of rotatable bonds is 6. The summed E-state index contributed by atoms with van der Waals surface area (Å²) in [6.45, 7) is 2.50. The second kappa shape index (κ2) is 8.50. The van der Waals surface area contributed by atoms with Gasteiger partial charge in [-0.25, -0.2) is 4.79 Å². The van der Waals surface area contributed by atoms with Gasteiger partial charge in [-0.1, -0.05) is 49.7 Å². The van der Waals surface area contributed by atoms with Crippen LogP contribution in [0.25, 0.3) is 0 Å². The topological polar surface area (TPSA) is 54.4 Å². The van der Waals surface area contributed by atoms with Gasteiger partial charge in [0.2, 0.25) is 0 Å². The fourth-order valence-corrected chi connectivity index (χ4v) is 7.58. The van der Waals surface area contributed by atoms with Gasteiger partial charge in [0.25, 0.3) is 0 Å². The number of carboxylic acid groups (broad SMARTS) is 1. The monoisotopic (exact) mass is 430 g/mol. The predicted molar refractivity (Wildman–Crippen MR) is 126 cm³/mol. The maximum absolute atomic E-state index is 12.8. The van der Waals surface area contributed by atoms with Crippen LogP contribution >= 0.6 is 0 Å². The van der Waals surface area contributed by atoms with Crippen LogP contribution in [0.5, 0.6) is 0 Å². The molecule has 0 spiro atoms. The molecule has 2 fully saturated rings. The molecule has 3 aliphatic rings. The van der Waals surface area contributed by atoms with Gasteiger partial charge in [0.15, 0.2) is 0 Å². The van der Waals surface area contributed by atoms with Crippen molar-refractivity contribution in [3.05, 3.63) is 70.8 Å². The summed E-state index contributed by atoms with van der Waals surface area (Å²) in [4.78, 5) is 24.3. The van der Waals surface area contributed by atoms with Crippen LogP contribution in [0.1, 0.15) is 84.8 Å². The van der Waals surface area contributed by atoms with E-state index in [1.807, 2.05) is 36.4 Å². The van der Waals surface area contributed by atoms with Crippen LogP contribution in [0.2, 0.25) is 0 Å². The Labute approximate surface area is 191 Å². The fourth-order valence-electron chi connectivity index (χ4n) is 7.58. The number of aromatic carboxylic acids is 1. The lowest BCUT2D eigenvalue weighted by molar-refractivity contribution is -0.119. The highest BCUT2D eigenvalue weighted by Crippen LogP contribution is 2.63. The molecule has 0 aliphatic heterocycles. The number of hydrogen-bond donors (Lipinski definition) is 1. The lowest BCUT2D eigenvalue weighted by Gasteiger charge is -2.53. The summed E-state index contributed by atoms with van der Waals surface area (Å²) < 4.78 is 0. The molecule has 1 N–H and O–H groups in total. The third-order valence-corrected chi connectivity index (χ3v) is 8.91. The van der Waals surface area contributed by atoms with E-state index in [4.69, 9.17) is 0 Å². The summed E-state index contributed by atoms with van der Waals surface area (Å²) in [7, 11) is 0. The molecule has 0 saturated heterocycles. The molecule has 2 saturated carbocycles. The first kappa shape index (κ1) is 21.4. The van der Waals surface area contributed by atoms with Gasteiger partial charge in [0, 0.05) is 12.8 Å². The van der Waals surface area contributed by atoms with Gasteiger partial charge in [-0.3, -0.25) is 4.79 Å². The number of hydrogen-bond acceptors (Lipinski definition) is 2. The van der Waals surface area contributed by atoms with Crippen molar-refractivity contribution in [3.8, 4) is 0 Å². The molecule has 2 aromatic carbocycles. The maximum Gasteiger partial charge on any atom is 0.335 e. The SMILES string of the molecule is C[C@@]12CCC[C@H]1[C@@H]1CCc3cc(C(=O)O)ccc3[C@H]1C(CCC(=O)Cc1ccccc1)C2. The third-order valence-electron chi connectivity index (χ3n) is 8.91. The first-order chi connectivity index (χ1) is 15.4. The van der Waals surface area contributed by atoms with Crippen molar-refractivity contribution >= 4 is 11.8 Å². The van der Waals surface area contributed by atoms with Gasteiger partial charge < -0.3 is 5.11 Å². The number of aryl methyl sites for hydroxylation is 1. The van der Waals surface area contributed by atoms with Crippen LogP contribution in [-0.2, 0) is 17.6 Å². The molecule has 0 heterocycles. The highest BCUT2D eigenvalue weighted by atomic mass is 16.4. The van der Waals surface area contributed by atoms with Crippen LogP contribution in [0.4, 0.5) is 0 Å². The molecule has 3 aliphatic carbocycles. The Hall–Kier alpha value is -2.42. The molecule has 32 heavy (non-hydrogen) atoms. The normalized spacial score (nSPS) is 30.8. The van der Waals surface area contributed by atoms with Crippen molar-refractivity contribution in [2.75, 3.05) is 0 Å². The fraction of sp³-hybridized carbons (Fsp3) is 0.517. The highest BCUT2D eigenvalue weighted by molar-refractivity contribution is 5.88. The van der Waals surface area contributed by atoms with Crippen LogP contribution in [0.3, 0.4) is 0 Å². The number of ketones is 1. The van der Waals surface area contributed by atoms with Crippen molar-refractivity contribution in [1.29, 1.82) is 0 Å². The summed E-state index contributed by atoms with van der Waals surface area (Å²) in [5.74, 6) is 1.93. The molecule has 0 bridgehead atoms. The smallest absolute Gasteiger partial charge is 0.335 e. The number of carboxylic acids is 1. The van der Waals surface area contributed by atoms with Crippen LogP contribution < -0.4 is 0 Å². The van der Waals surface area contributed by atoms with E-state index in [-0.39, 0.29) is 0 Å². The zero-order chi connectivity index (χ0) is 22.3. The Morgan fingerprint density at radius 3 is 2.69 bits per heavy atom. The zero-order valence-electron chi connectivity index (χ0n) is 19.1. The van der Waals surface area contributed by atoms with Crippen molar-refractivity contribution in [2.45, 2.75) is 70.6 Å². The summed E-state index contributed by atoms with van der Waals surface area (Å²) in [5.41, 5.74) is 4.52. The van der Waals surface area contributed by atoms with Crippen LogP contribution in [0, 0.1) is 23.2 Å². The molecule has 3 nitrogen and oxygen atoms in total. The summed E-state index contributed by atoms with van der Waals surface area (Å²) in [6.07, 6.45) is 9.47. The molecule has 168 valence electrons. The van der Waals surface area contributed by atoms with Gasteiger partial charge in [-0.05, 0) is 96.4 Å². The average Bonchev–Trinajstić information content (AvgIpc) is 3.18. The molecule has 5 rings (SSSR count). The van der Waals surface area contributed by atoms with Crippen LogP contribution in [0.15, 0.2) is 48.5 Å². The van der Waals surface area contributed by atoms with Gasteiger partial charge in [0.1, 0.15) is 5.78 Å². The number of fused-ring (bicyclic) bond motifs is 5. The number of carbonyl (C=O) groups is 2. The Morgan fingerprint density at radius 1 is 1.09 bits per heavy atom. The van der Waals surface area contributed by atoms with E-state index in [9.17, 15) is 14.7 Å². The molecule has 0 aromatic heterocycles. The Kier molecular flexibility index (Phi) is 5.69. The van der Waals surface area contributed by atoms with Gasteiger partial charge in [-0.2, -0.15) is 0 Å². The van der Waals surface area contributed by atoms with Crippen molar-refractivity contribution < 1.29 is 14.7 Å². The van der Waals surface area contributed by atoms with Gasteiger partial charge in [-0.15, -0.1) is 0 Å². The average molecular weight is 431 g/mol. The van der Waals surface area contributed by atoms with E-state index >= 15 is 0 Å². The molecule has 2 aromatic rings. The standard InChI is InChI=1S/C29H34O3/c1-29-15-5-8-26(29)25-14-10-20-17-21(28(31)32)11-13-24(20)27(25)22(18-29)9-12-23(30)16-19-6-3-2-4-7-19/h2-4,6-7,11,13,17,22,25-27H,5,8-10,12,14-16,18H2,1H3,(H,31,32)/t22?,25-,26-,27+,29-/m0/s1.